The average Bonchev–Trinajstić information content (AvgIpc) is 3.48. The Morgan fingerprint density at radius 1 is 1.22 bits per heavy atom. The second-order valence-corrected chi connectivity index (χ2v) is 10.9. The van der Waals surface area contributed by atoms with Gasteiger partial charge in [-0.05, 0) is 49.9 Å². The van der Waals surface area contributed by atoms with Crippen molar-refractivity contribution in [3.05, 3.63) is 74.5 Å². The summed E-state index contributed by atoms with van der Waals surface area (Å²) in [4.78, 5) is 36.5. The summed E-state index contributed by atoms with van der Waals surface area (Å²) in [6.45, 7) is 0.777. The van der Waals surface area contributed by atoms with Crippen molar-refractivity contribution in [2.24, 2.45) is 0 Å². The van der Waals surface area contributed by atoms with Crippen LogP contribution < -0.4 is 5.56 Å². The first kappa shape index (κ1) is 23.4. The fraction of sp³-hybridized carbons (Fsp3) is 0.360. The zero-order chi connectivity index (χ0) is 25.0. The van der Waals surface area contributed by atoms with Gasteiger partial charge in [0.2, 0.25) is 5.76 Å². The van der Waals surface area contributed by atoms with Crippen LogP contribution in [0.2, 0.25) is 5.15 Å². The molecule has 0 unspecified atom stereocenters. The molecule has 1 aliphatic carbocycles. The Kier molecular flexibility index (Phi) is 5.77. The number of carbonyl (C=O) groups is 1. The van der Waals surface area contributed by atoms with Gasteiger partial charge in [0.05, 0.1) is 23.7 Å². The highest BCUT2D eigenvalue weighted by molar-refractivity contribution is 9.10. The molecule has 1 N–H and O–H groups in total. The van der Waals surface area contributed by atoms with Gasteiger partial charge in [-0.1, -0.05) is 33.6 Å². The first-order chi connectivity index (χ1) is 17.3. The van der Waals surface area contributed by atoms with E-state index >= 15 is 0 Å². The van der Waals surface area contributed by atoms with Crippen molar-refractivity contribution < 1.29 is 14.3 Å². The molecule has 0 spiro atoms. The minimum Gasteiger partial charge on any atom is -0.435 e. The van der Waals surface area contributed by atoms with E-state index < -0.39 is 5.60 Å². The lowest BCUT2D eigenvalue weighted by atomic mass is 9.91. The molecule has 6 rings (SSSR count). The SMILES string of the molecule is O=C(c1cnc(C2CC2)o1)N1CCC(O)(Cn2cnc3c(cc(Cl)n3-c3cccc(Br)c3)c2=O)CC1. The molecule has 1 saturated carbocycles. The van der Waals surface area contributed by atoms with E-state index in [9.17, 15) is 14.7 Å². The van der Waals surface area contributed by atoms with Gasteiger partial charge in [-0.15, -0.1) is 0 Å². The number of aromatic nitrogens is 4. The van der Waals surface area contributed by atoms with E-state index in [-0.39, 0.29) is 23.8 Å². The Bertz CT molecular complexity index is 1530. The molecule has 0 atom stereocenters. The van der Waals surface area contributed by atoms with Gasteiger partial charge in [0.15, 0.2) is 11.5 Å². The Morgan fingerprint density at radius 3 is 2.72 bits per heavy atom. The van der Waals surface area contributed by atoms with Crippen LogP contribution in [0, 0.1) is 0 Å². The molecular weight excluding hydrogens is 550 g/mol. The van der Waals surface area contributed by atoms with Crippen molar-refractivity contribution in [1.82, 2.24) is 24.0 Å². The van der Waals surface area contributed by atoms with Crippen molar-refractivity contribution >= 4 is 44.5 Å². The molecule has 4 aromatic rings. The number of halogens is 2. The predicted octanol–water partition coefficient (Wildman–Crippen LogP) is 4.14. The number of hydrogen-bond donors (Lipinski definition) is 1. The van der Waals surface area contributed by atoms with Gasteiger partial charge in [0.25, 0.3) is 11.5 Å². The largest absolute Gasteiger partial charge is 0.435 e. The maximum absolute atomic E-state index is 13.3. The lowest BCUT2D eigenvalue weighted by Gasteiger charge is -2.38. The molecule has 11 heteroatoms. The quantitative estimate of drug-likeness (QED) is 0.385. The van der Waals surface area contributed by atoms with Crippen LogP contribution in [0.25, 0.3) is 16.7 Å². The molecule has 2 fully saturated rings. The van der Waals surface area contributed by atoms with Crippen molar-refractivity contribution in [2.75, 3.05) is 13.1 Å². The van der Waals surface area contributed by atoms with Crippen molar-refractivity contribution in [1.29, 1.82) is 0 Å². The molecule has 2 aliphatic rings. The van der Waals surface area contributed by atoms with E-state index in [1.165, 1.54) is 17.1 Å². The summed E-state index contributed by atoms with van der Waals surface area (Å²) in [5, 5.41) is 12.0. The summed E-state index contributed by atoms with van der Waals surface area (Å²) in [5.74, 6) is 0.979. The number of rotatable bonds is 5. The number of fused-ring (bicyclic) bond motifs is 1. The number of likely N-dealkylation sites (tertiary alicyclic amines) is 1. The van der Waals surface area contributed by atoms with E-state index in [0.29, 0.717) is 53.9 Å². The Morgan fingerprint density at radius 2 is 2.00 bits per heavy atom. The highest BCUT2D eigenvalue weighted by atomic mass is 79.9. The average molecular weight is 573 g/mol. The van der Waals surface area contributed by atoms with Gasteiger partial charge < -0.3 is 14.4 Å². The van der Waals surface area contributed by atoms with Gasteiger partial charge in [0, 0.05) is 29.2 Å². The maximum atomic E-state index is 13.3. The van der Waals surface area contributed by atoms with E-state index in [2.05, 4.69) is 25.9 Å². The lowest BCUT2D eigenvalue weighted by molar-refractivity contribution is -0.0304. The molecule has 36 heavy (non-hydrogen) atoms. The molecule has 3 aromatic heterocycles. The molecule has 1 aliphatic heterocycles. The summed E-state index contributed by atoms with van der Waals surface area (Å²) >= 11 is 9.93. The normalized spacial score (nSPS) is 17.6. The predicted molar refractivity (Wildman–Crippen MR) is 137 cm³/mol. The van der Waals surface area contributed by atoms with Gasteiger partial charge in [-0.25, -0.2) is 9.97 Å². The van der Waals surface area contributed by atoms with E-state index in [1.807, 2.05) is 24.3 Å². The minimum atomic E-state index is -1.15. The van der Waals surface area contributed by atoms with Crippen molar-refractivity contribution in [2.45, 2.75) is 43.7 Å². The molecular formula is C25H23BrClN5O4. The summed E-state index contributed by atoms with van der Waals surface area (Å²) in [6, 6.07) is 9.15. The van der Waals surface area contributed by atoms with Crippen LogP contribution in [0.1, 0.15) is 48.0 Å². The molecule has 186 valence electrons. The number of carbonyl (C=O) groups excluding carboxylic acids is 1. The third-order valence-electron chi connectivity index (χ3n) is 6.91. The Hall–Kier alpha value is -2.95. The van der Waals surface area contributed by atoms with Crippen LogP contribution in [0.15, 0.2) is 56.5 Å². The van der Waals surface area contributed by atoms with Gasteiger partial charge in [-0.3, -0.25) is 18.7 Å². The van der Waals surface area contributed by atoms with Crippen LogP contribution >= 0.6 is 27.5 Å². The molecule has 4 heterocycles. The fourth-order valence-corrected chi connectivity index (χ4v) is 5.40. The number of oxazole rings is 1. The van der Waals surface area contributed by atoms with Crippen molar-refractivity contribution in [3.8, 4) is 5.69 Å². The number of piperidine rings is 1. The minimum absolute atomic E-state index is 0.0740. The monoisotopic (exact) mass is 571 g/mol. The fourth-order valence-electron chi connectivity index (χ4n) is 4.72. The summed E-state index contributed by atoms with van der Waals surface area (Å²) in [5.41, 5.74) is -0.199. The van der Waals surface area contributed by atoms with E-state index in [1.54, 1.807) is 15.5 Å². The molecule has 1 saturated heterocycles. The standard InChI is InChI=1S/C25H23BrClN5O4/c26-16-2-1-3-17(10-16)32-20(27)11-18-21(32)29-14-31(23(18)33)13-25(35)6-8-30(9-7-25)24(34)19-12-28-22(36-19)15-4-5-15/h1-3,10-12,14-15,35H,4-9,13H2. The number of aliphatic hydroxyl groups is 1. The first-order valence-corrected chi connectivity index (χ1v) is 13.0. The molecule has 0 bridgehead atoms. The zero-order valence-electron chi connectivity index (χ0n) is 19.2. The van der Waals surface area contributed by atoms with Crippen molar-refractivity contribution in [3.63, 3.8) is 0 Å². The number of nitrogens with zero attached hydrogens (tertiary/aromatic N) is 5. The lowest BCUT2D eigenvalue weighted by Crippen LogP contribution is -2.49. The van der Waals surface area contributed by atoms with Crippen LogP contribution in [-0.4, -0.2) is 53.7 Å². The second kappa shape index (κ2) is 8.86. The van der Waals surface area contributed by atoms with Crippen LogP contribution in [-0.2, 0) is 6.54 Å². The summed E-state index contributed by atoms with van der Waals surface area (Å²) in [7, 11) is 0. The molecule has 0 radical (unpaired) electrons. The third kappa shape index (κ3) is 4.27. The number of benzene rings is 1. The van der Waals surface area contributed by atoms with Crippen LogP contribution in [0.5, 0.6) is 0 Å². The zero-order valence-corrected chi connectivity index (χ0v) is 21.6. The van der Waals surface area contributed by atoms with Gasteiger partial charge in [0.1, 0.15) is 11.5 Å². The molecule has 1 aromatic carbocycles. The van der Waals surface area contributed by atoms with Crippen LogP contribution in [0.4, 0.5) is 0 Å². The smallest absolute Gasteiger partial charge is 0.291 e. The van der Waals surface area contributed by atoms with E-state index in [0.717, 1.165) is 23.0 Å². The highest BCUT2D eigenvalue weighted by Gasteiger charge is 2.36. The Labute approximate surface area is 219 Å². The number of amides is 1. The number of hydrogen-bond acceptors (Lipinski definition) is 6. The first-order valence-electron chi connectivity index (χ1n) is 11.8. The van der Waals surface area contributed by atoms with Crippen LogP contribution in [0.3, 0.4) is 0 Å². The Balaban J connectivity index is 1.19. The molecule has 9 nitrogen and oxygen atoms in total. The molecule has 1 amide bonds. The highest BCUT2D eigenvalue weighted by Crippen LogP contribution is 2.39. The third-order valence-corrected chi connectivity index (χ3v) is 7.69. The topological polar surface area (TPSA) is 106 Å². The second-order valence-electron chi connectivity index (χ2n) is 9.55. The summed E-state index contributed by atoms with van der Waals surface area (Å²) in [6.07, 6.45) is 5.68. The summed E-state index contributed by atoms with van der Waals surface area (Å²) < 4.78 is 9.65. The van der Waals surface area contributed by atoms with Gasteiger partial charge in [-0.2, -0.15) is 0 Å². The van der Waals surface area contributed by atoms with Gasteiger partial charge >= 0.3 is 0 Å². The van der Waals surface area contributed by atoms with E-state index in [4.69, 9.17) is 16.0 Å². The maximum Gasteiger partial charge on any atom is 0.291 e.